The summed E-state index contributed by atoms with van der Waals surface area (Å²) in [6, 6.07) is 7.57. The minimum absolute atomic E-state index is 0.00139. The highest BCUT2D eigenvalue weighted by molar-refractivity contribution is 7.89. The summed E-state index contributed by atoms with van der Waals surface area (Å²) in [5.74, 6) is 0. The first kappa shape index (κ1) is 13.5. The van der Waals surface area contributed by atoms with E-state index < -0.39 is 16.1 Å². The minimum atomic E-state index is -3.94. The Hall–Kier alpha value is -1.56. The van der Waals surface area contributed by atoms with Crippen LogP contribution in [0, 0.1) is 0 Å². The van der Waals surface area contributed by atoms with Gasteiger partial charge in [0.05, 0.1) is 4.90 Å². The van der Waals surface area contributed by atoms with Crippen LogP contribution >= 0.6 is 0 Å². The van der Waals surface area contributed by atoms with Gasteiger partial charge >= 0.3 is 6.09 Å². The maximum absolute atomic E-state index is 12.0. The number of carboxylic acid groups (broad SMARTS) is 1. The average Bonchev–Trinajstić information content (AvgIpc) is 2.30. The molecule has 0 saturated heterocycles. The maximum atomic E-state index is 12.0. The predicted molar refractivity (Wildman–Crippen MR) is 63.3 cm³/mol. The van der Waals surface area contributed by atoms with Crippen LogP contribution < -0.4 is 0 Å². The third kappa shape index (κ3) is 3.20. The minimum Gasteiger partial charge on any atom is -0.464 e. The summed E-state index contributed by atoms with van der Waals surface area (Å²) in [5.41, 5.74) is 0. The first-order valence-electron chi connectivity index (χ1n) is 5.31. The van der Waals surface area contributed by atoms with Gasteiger partial charge in [0.25, 0.3) is 10.0 Å². The SMILES string of the molecule is CCCCN(C(=O)O)S(=O)(=O)c1ccccc1. The number of nitrogens with zero attached hydrogens (tertiary/aromatic N) is 1. The van der Waals surface area contributed by atoms with E-state index in [1.54, 1.807) is 18.2 Å². The molecule has 1 amide bonds. The molecule has 0 saturated carbocycles. The van der Waals surface area contributed by atoms with Crippen LogP contribution in [-0.2, 0) is 10.0 Å². The molecule has 0 unspecified atom stereocenters. The number of hydrogen-bond acceptors (Lipinski definition) is 3. The number of rotatable bonds is 5. The Kier molecular flexibility index (Phi) is 4.51. The molecule has 0 aromatic heterocycles. The van der Waals surface area contributed by atoms with E-state index in [2.05, 4.69) is 0 Å². The van der Waals surface area contributed by atoms with E-state index in [0.717, 1.165) is 6.42 Å². The van der Waals surface area contributed by atoms with Crippen LogP contribution in [0.25, 0.3) is 0 Å². The standard InChI is InChI=1S/C11H15NO4S/c1-2-3-9-12(11(13)14)17(15,16)10-7-5-4-6-8-10/h4-8H,2-3,9H2,1H3,(H,13,14). The number of sulfonamides is 1. The van der Waals surface area contributed by atoms with E-state index in [4.69, 9.17) is 5.11 Å². The molecule has 0 aliphatic rings. The highest BCUT2D eigenvalue weighted by Crippen LogP contribution is 2.15. The van der Waals surface area contributed by atoms with Gasteiger partial charge in [-0.1, -0.05) is 31.5 Å². The number of unbranched alkanes of at least 4 members (excludes halogenated alkanes) is 1. The fourth-order valence-corrected chi connectivity index (χ4v) is 2.67. The van der Waals surface area contributed by atoms with E-state index in [-0.39, 0.29) is 11.4 Å². The van der Waals surface area contributed by atoms with E-state index in [1.807, 2.05) is 6.92 Å². The van der Waals surface area contributed by atoms with Crippen LogP contribution in [0.15, 0.2) is 35.2 Å². The maximum Gasteiger partial charge on any atom is 0.421 e. The lowest BCUT2D eigenvalue weighted by Gasteiger charge is -2.18. The molecule has 6 heteroatoms. The monoisotopic (exact) mass is 257 g/mol. The van der Waals surface area contributed by atoms with Gasteiger partial charge in [0, 0.05) is 6.54 Å². The van der Waals surface area contributed by atoms with Gasteiger partial charge in [0.15, 0.2) is 0 Å². The Morgan fingerprint density at radius 1 is 1.29 bits per heavy atom. The summed E-state index contributed by atoms with van der Waals surface area (Å²) in [6.45, 7) is 1.86. The zero-order valence-electron chi connectivity index (χ0n) is 9.54. The van der Waals surface area contributed by atoms with Gasteiger partial charge in [-0.3, -0.25) is 0 Å². The highest BCUT2D eigenvalue weighted by Gasteiger charge is 2.27. The first-order chi connectivity index (χ1) is 8.00. The van der Waals surface area contributed by atoms with Crippen molar-refractivity contribution in [2.24, 2.45) is 0 Å². The lowest BCUT2D eigenvalue weighted by molar-refractivity contribution is 0.172. The van der Waals surface area contributed by atoms with Crippen molar-refractivity contribution < 1.29 is 18.3 Å². The Balaban J connectivity index is 3.05. The van der Waals surface area contributed by atoms with E-state index in [1.165, 1.54) is 12.1 Å². The molecule has 1 aromatic carbocycles. The molecule has 17 heavy (non-hydrogen) atoms. The topological polar surface area (TPSA) is 74.7 Å². The van der Waals surface area contributed by atoms with Gasteiger partial charge in [0.2, 0.25) is 0 Å². The van der Waals surface area contributed by atoms with Gasteiger partial charge in [0.1, 0.15) is 0 Å². The third-order valence-corrected chi connectivity index (χ3v) is 4.05. The third-order valence-electron chi connectivity index (χ3n) is 2.26. The molecular weight excluding hydrogens is 242 g/mol. The summed E-state index contributed by atoms with van der Waals surface area (Å²) in [7, 11) is -3.94. The molecule has 1 N–H and O–H groups in total. The van der Waals surface area contributed by atoms with Gasteiger partial charge < -0.3 is 5.11 Å². The smallest absolute Gasteiger partial charge is 0.421 e. The second kappa shape index (κ2) is 5.67. The fourth-order valence-electron chi connectivity index (χ4n) is 1.34. The molecule has 0 radical (unpaired) electrons. The molecule has 1 aromatic rings. The molecule has 0 atom stereocenters. The summed E-state index contributed by atoms with van der Waals surface area (Å²) in [5, 5.41) is 8.94. The zero-order chi connectivity index (χ0) is 12.9. The van der Waals surface area contributed by atoms with Crippen molar-refractivity contribution >= 4 is 16.1 Å². The van der Waals surface area contributed by atoms with Crippen LogP contribution in [0.4, 0.5) is 4.79 Å². The second-order valence-electron chi connectivity index (χ2n) is 3.53. The van der Waals surface area contributed by atoms with Crippen molar-refractivity contribution in [2.45, 2.75) is 24.7 Å². The van der Waals surface area contributed by atoms with Crippen LogP contribution in [0.5, 0.6) is 0 Å². The van der Waals surface area contributed by atoms with Gasteiger partial charge in [-0.05, 0) is 18.6 Å². The normalized spacial score (nSPS) is 11.1. The van der Waals surface area contributed by atoms with Crippen LogP contribution in [-0.4, -0.2) is 30.5 Å². The molecule has 0 aliphatic heterocycles. The molecule has 0 bridgehead atoms. The molecule has 0 heterocycles. The molecule has 0 spiro atoms. The molecule has 5 nitrogen and oxygen atoms in total. The number of hydrogen-bond donors (Lipinski definition) is 1. The van der Waals surface area contributed by atoms with Crippen molar-refractivity contribution in [1.29, 1.82) is 0 Å². The highest BCUT2D eigenvalue weighted by atomic mass is 32.2. The summed E-state index contributed by atoms with van der Waals surface area (Å²) in [4.78, 5) is 11.0. The fraction of sp³-hybridized carbons (Fsp3) is 0.364. The quantitative estimate of drug-likeness (QED) is 0.877. The lowest BCUT2D eigenvalue weighted by atomic mass is 10.3. The van der Waals surface area contributed by atoms with E-state index >= 15 is 0 Å². The van der Waals surface area contributed by atoms with Crippen molar-refractivity contribution in [1.82, 2.24) is 4.31 Å². The van der Waals surface area contributed by atoms with Crippen LogP contribution in [0.2, 0.25) is 0 Å². The van der Waals surface area contributed by atoms with E-state index in [0.29, 0.717) is 10.7 Å². The van der Waals surface area contributed by atoms with E-state index in [9.17, 15) is 13.2 Å². The summed E-state index contributed by atoms with van der Waals surface area (Å²) < 4.78 is 24.5. The predicted octanol–water partition coefficient (Wildman–Crippen LogP) is 2.16. The lowest BCUT2D eigenvalue weighted by Crippen LogP contribution is -2.36. The Labute approximate surface area is 101 Å². The molecule has 94 valence electrons. The molecular formula is C11H15NO4S. The number of amides is 1. The second-order valence-corrected chi connectivity index (χ2v) is 5.39. The Morgan fingerprint density at radius 3 is 2.35 bits per heavy atom. The Bertz CT molecular complexity index is 470. The van der Waals surface area contributed by atoms with Crippen molar-refractivity contribution in [3.63, 3.8) is 0 Å². The summed E-state index contributed by atoms with van der Waals surface area (Å²) in [6.07, 6.45) is -0.200. The Morgan fingerprint density at radius 2 is 1.88 bits per heavy atom. The summed E-state index contributed by atoms with van der Waals surface area (Å²) >= 11 is 0. The van der Waals surface area contributed by atoms with Crippen molar-refractivity contribution in [3.05, 3.63) is 30.3 Å². The van der Waals surface area contributed by atoms with Crippen molar-refractivity contribution in [2.75, 3.05) is 6.54 Å². The van der Waals surface area contributed by atoms with Crippen LogP contribution in [0.3, 0.4) is 0 Å². The molecule has 0 aliphatic carbocycles. The molecule has 0 fully saturated rings. The van der Waals surface area contributed by atoms with Crippen molar-refractivity contribution in [3.8, 4) is 0 Å². The van der Waals surface area contributed by atoms with Crippen LogP contribution in [0.1, 0.15) is 19.8 Å². The van der Waals surface area contributed by atoms with Gasteiger partial charge in [-0.25, -0.2) is 17.5 Å². The largest absolute Gasteiger partial charge is 0.464 e. The average molecular weight is 257 g/mol. The zero-order valence-corrected chi connectivity index (χ0v) is 10.4. The van der Waals surface area contributed by atoms with Gasteiger partial charge in [-0.2, -0.15) is 0 Å². The number of benzene rings is 1. The number of carbonyl (C=O) groups is 1. The first-order valence-corrected chi connectivity index (χ1v) is 6.75. The molecule has 1 rings (SSSR count). The van der Waals surface area contributed by atoms with Gasteiger partial charge in [-0.15, -0.1) is 0 Å².